The minimum absolute atomic E-state index is 0.0332. The first kappa shape index (κ1) is 18.7. The van der Waals surface area contributed by atoms with Crippen LogP contribution >= 0.6 is 0 Å². The Morgan fingerprint density at radius 2 is 2.00 bits per heavy atom. The monoisotopic (exact) mass is 398 g/mol. The highest BCUT2D eigenvalue weighted by molar-refractivity contribution is 7.89. The molecule has 0 saturated heterocycles. The number of carbonyl (C=O) groups is 1. The lowest BCUT2D eigenvalue weighted by molar-refractivity contribution is -0.115. The van der Waals surface area contributed by atoms with Crippen LogP contribution in [0.15, 0.2) is 58.0 Å². The van der Waals surface area contributed by atoms with Gasteiger partial charge in [-0.2, -0.15) is 0 Å². The number of fused-ring (bicyclic) bond motifs is 1. The van der Waals surface area contributed by atoms with E-state index < -0.39 is 10.0 Å². The van der Waals surface area contributed by atoms with Crippen molar-refractivity contribution < 1.29 is 17.6 Å². The van der Waals surface area contributed by atoms with E-state index in [-0.39, 0.29) is 23.3 Å². The molecule has 1 aromatic heterocycles. The van der Waals surface area contributed by atoms with E-state index in [1.807, 2.05) is 18.2 Å². The van der Waals surface area contributed by atoms with Gasteiger partial charge in [0.15, 0.2) is 0 Å². The molecule has 0 aliphatic heterocycles. The number of benzene rings is 2. The molecule has 1 saturated carbocycles. The number of rotatable bonds is 7. The summed E-state index contributed by atoms with van der Waals surface area (Å²) in [6, 6.07) is 12.3. The molecule has 1 amide bonds. The van der Waals surface area contributed by atoms with Gasteiger partial charge in [-0.25, -0.2) is 13.1 Å². The minimum Gasteiger partial charge on any atom is -0.464 e. The number of hydrogen-bond acceptors (Lipinski definition) is 4. The number of anilines is 1. The average molecular weight is 398 g/mol. The predicted octanol–water partition coefficient (Wildman–Crippen LogP) is 3.62. The van der Waals surface area contributed by atoms with Gasteiger partial charge in [0.2, 0.25) is 15.9 Å². The summed E-state index contributed by atoms with van der Waals surface area (Å²) in [5, 5.41) is 3.69. The van der Waals surface area contributed by atoms with Crippen LogP contribution in [0.3, 0.4) is 0 Å². The van der Waals surface area contributed by atoms with Crippen molar-refractivity contribution >= 4 is 32.6 Å². The van der Waals surface area contributed by atoms with Crippen LogP contribution in [0.5, 0.6) is 0 Å². The van der Waals surface area contributed by atoms with Crippen molar-refractivity contribution in [2.75, 3.05) is 5.32 Å². The van der Waals surface area contributed by atoms with E-state index in [4.69, 9.17) is 4.42 Å². The summed E-state index contributed by atoms with van der Waals surface area (Å²) >= 11 is 0. The molecule has 1 aliphatic carbocycles. The molecule has 4 rings (SSSR count). The van der Waals surface area contributed by atoms with E-state index in [1.165, 1.54) is 17.7 Å². The van der Waals surface area contributed by atoms with Crippen molar-refractivity contribution in [3.05, 3.63) is 59.9 Å². The molecule has 1 aliphatic rings. The number of amides is 1. The van der Waals surface area contributed by atoms with E-state index in [0.29, 0.717) is 5.69 Å². The Bertz CT molecular complexity index is 1130. The van der Waals surface area contributed by atoms with E-state index in [0.717, 1.165) is 35.8 Å². The fourth-order valence-electron chi connectivity index (χ4n) is 3.09. The molecular formula is C21H22N2O4S. The molecule has 28 heavy (non-hydrogen) atoms. The molecule has 2 N–H and O–H groups in total. The van der Waals surface area contributed by atoms with E-state index in [1.54, 1.807) is 18.4 Å². The zero-order valence-corrected chi connectivity index (χ0v) is 16.4. The maximum absolute atomic E-state index is 12.5. The smallest absolute Gasteiger partial charge is 0.240 e. The zero-order valence-electron chi connectivity index (χ0n) is 15.6. The predicted molar refractivity (Wildman–Crippen MR) is 108 cm³/mol. The summed E-state index contributed by atoms with van der Waals surface area (Å²) in [6.07, 6.45) is 4.41. The number of aryl methyl sites for hydroxylation is 1. The van der Waals surface area contributed by atoms with E-state index >= 15 is 0 Å². The summed E-state index contributed by atoms with van der Waals surface area (Å²) < 4.78 is 32.9. The maximum Gasteiger partial charge on any atom is 0.240 e. The standard InChI is InChI=1S/C21H22N2O4S/c1-2-14-6-9-19-15(13-27-20(19)10-14)11-21(24)22-17-4-3-5-18(12-17)28(25,26)23-16-7-8-16/h3-6,9-10,12-13,16,23H,2,7-8,11H2,1H3,(H,22,24). The van der Waals surface area contributed by atoms with Gasteiger partial charge in [-0.05, 0) is 49.1 Å². The molecule has 0 spiro atoms. The van der Waals surface area contributed by atoms with Gasteiger partial charge in [-0.3, -0.25) is 4.79 Å². The van der Waals surface area contributed by atoms with Crippen LogP contribution in [0, 0.1) is 0 Å². The Morgan fingerprint density at radius 1 is 1.18 bits per heavy atom. The second-order valence-electron chi connectivity index (χ2n) is 7.09. The topological polar surface area (TPSA) is 88.4 Å². The zero-order chi connectivity index (χ0) is 19.7. The molecule has 3 aromatic rings. The number of sulfonamides is 1. The Morgan fingerprint density at radius 3 is 2.75 bits per heavy atom. The molecule has 2 aromatic carbocycles. The van der Waals surface area contributed by atoms with Gasteiger partial charge in [0, 0.05) is 22.7 Å². The highest BCUT2D eigenvalue weighted by Crippen LogP contribution is 2.25. The lowest BCUT2D eigenvalue weighted by atomic mass is 10.1. The molecule has 0 unspecified atom stereocenters. The molecule has 0 bridgehead atoms. The van der Waals surface area contributed by atoms with Crippen molar-refractivity contribution in [3.8, 4) is 0 Å². The fourth-order valence-corrected chi connectivity index (χ4v) is 4.44. The molecule has 1 fully saturated rings. The third-order valence-electron chi connectivity index (χ3n) is 4.81. The van der Waals surface area contributed by atoms with Crippen molar-refractivity contribution in [2.24, 2.45) is 0 Å². The number of nitrogens with one attached hydrogen (secondary N) is 2. The van der Waals surface area contributed by atoms with Gasteiger partial charge >= 0.3 is 0 Å². The average Bonchev–Trinajstić information content (AvgIpc) is 3.39. The van der Waals surface area contributed by atoms with Crippen LogP contribution in [0.4, 0.5) is 5.69 Å². The normalized spacial score (nSPS) is 14.3. The summed E-state index contributed by atoms with van der Waals surface area (Å²) in [6.45, 7) is 2.08. The number of furan rings is 1. The Kier molecular flexibility index (Phi) is 4.95. The summed E-state index contributed by atoms with van der Waals surface area (Å²) in [5.41, 5.74) is 3.19. The molecule has 146 valence electrons. The lowest BCUT2D eigenvalue weighted by Crippen LogP contribution is -2.25. The van der Waals surface area contributed by atoms with Gasteiger partial charge in [-0.15, -0.1) is 0 Å². The van der Waals surface area contributed by atoms with Gasteiger partial charge in [0.1, 0.15) is 5.58 Å². The molecule has 0 atom stereocenters. The van der Waals surface area contributed by atoms with E-state index in [9.17, 15) is 13.2 Å². The summed E-state index contributed by atoms with van der Waals surface area (Å²) in [5.74, 6) is -0.230. The first-order valence-electron chi connectivity index (χ1n) is 9.36. The SMILES string of the molecule is CCc1ccc2c(CC(=O)Nc3cccc(S(=O)(=O)NC4CC4)c3)coc2c1. The second kappa shape index (κ2) is 7.41. The third-order valence-corrected chi connectivity index (χ3v) is 6.32. The van der Waals surface area contributed by atoms with Gasteiger partial charge < -0.3 is 9.73 Å². The van der Waals surface area contributed by atoms with Gasteiger partial charge in [-0.1, -0.05) is 25.1 Å². The molecule has 0 radical (unpaired) electrons. The van der Waals surface area contributed by atoms with Crippen molar-refractivity contribution in [1.82, 2.24) is 4.72 Å². The van der Waals surface area contributed by atoms with E-state index in [2.05, 4.69) is 17.0 Å². The van der Waals surface area contributed by atoms with Crippen LogP contribution in [0.1, 0.15) is 30.9 Å². The number of carbonyl (C=O) groups excluding carboxylic acids is 1. The van der Waals surface area contributed by atoms with Gasteiger partial charge in [0.05, 0.1) is 17.6 Å². The fraction of sp³-hybridized carbons (Fsp3) is 0.286. The Labute approximate surface area is 164 Å². The molecular weight excluding hydrogens is 376 g/mol. The van der Waals surface area contributed by atoms with Gasteiger partial charge in [0.25, 0.3) is 0 Å². The van der Waals surface area contributed by atoms with Crippen LogP contribution in [0.25, 0.3) is 11.0 Å². The van der Waals surface area contributed by atoms with Crippen LogP contribution in [-0.4, -0.2) is 20.4 Å². The van der Waals surface area contributed by atoms with Crippen LogP contribution in [0.2, 0.25) is 0 Å². The lowest BCUT2D eigenvalue weighted by Gasteiger charge is -2.09. The van der Waals surface area contributed by atoms with Crippen LogP contribution in [-0.2, 0) is 27.7 Å². The van der Waals surface area contributed by atoms with Crippen molar-refractivity contribution in [2.45, 2.75) is 43.5 Å². The molecule has 6 nitrogen and oxygen atoms in total. The van der Waals surface area contributed by atoms with Crippen LogP contribution < -0.4 is 10.0 Å². The third kappa shape index (κ3) is 4.10. The maximum atomic E-state index is 12.5. The minimum atomic E-state index is -3.56. The molecule has 7 heteroatoms. The van der Waals surface area contributed by atoms with Crippen molar-refractivity contribution in [1.29, 1.82) is 0 Å². The quantitative estimate of drug-likeness (QED) is 0.636. The first-order chi connectivity index (χ1) is 13.4. The highest BCUT2D eigenvalue weighted by Gasteiger charge is 2.28. The summed E-state index contributed by atoms with van der Waals surface area (Å²) in [4.78, 5) is 12.6. The molecule has 1 heterocycles. The highest BCUT2D eigenvalue weighted by atomic mass is 32.2. The Balaban J connectivity index is 1.47. The Hall–Kier alpha value is -2.64. The second-order valence-corrected chi connectivity index (χ2v) is 8.81. The van der Waals surface area contributed by atoms with Crippen molar-refractivity contribution in [3.63, 3.8) is 0 Å². The summed E-state index contributed by atoms with van der Waals surface area (Å²) in [7, 11) is -3.56. The number of hydrogen-bond donors (Lipinski definition) is 2. The first-order valence-corrected chi connectivity index (χ1v) is 10.8. The largest absolute Gasteiger partial charge is 0.464 e.